The molecule has 2 rings (SSSR count). The van der Waals surface area contributed by atoms with Crippen molar-refractivity contribution in [2.24, 2.45) is 0 Å². The topological polar surface area (TPSA) is 69.6 Å². The van der Waals surface area contributed by atoms with E-state index in [9.17, 15) is 23.5 Å². The minimum absolute atomic E-state index is 0.0400. The second kappa shape index (κ2) is 7.04. The van der Waals surface area contributed by atoms with Crippen LogP contribution in [0.1, 0.15) is 31.7 Å². The van der Waals surface area contributed by atoms with Gasteiger partial charge in [-0.15, -0.1) is 0 Å². The number of nitrogens with one attached hydrogen (secondary N) is 1. The quantitative estimate of drug-likeness (QED) is 0.828. The average Bonchev–Trinajstić information content (AvgIpc) is 2.88. The molecule has 0 radical (unpaired) electrons. The van der Waals surface area contributed by atoms with Gasteiger partial charge in [-0.25, -0.2) is 8.78 Å². The maximum Gasteiger partial charge on any atom is 0.222 e. The van der Waals surface area contributed by atoms with E-state index in [0.29, 0.717) is 25.6 Å². The number of benzene rings is 1. The SMILES string of the molecule is CC(O)(CNC(=O)CCN1CCCC1=O)c1ccc(F)cc1F. The van der Waals surface area contributed by atoms with Crippen LogP contribution in [0, 0.1) is 11.6 Å². The zero-order valence-electron chi connectivity index (χ0n) is 12.9. The van der Waals surface area contributed by atoms with Gasteiger partial charge >= 0.3 is 0 Å². The summed E-state index contributed by atoms with van der Waals surface area (Å²) in [7, 11) is 0. The van der Waals surface area contributed by atoms with Gasteiger partial charge in [-0.2, -0.15) is 0 Å². The molecule has 2 N–H and O–H groups in total. The number of likely N-dealkylation sites (tertiary alicyclic amines) is 1. The van der Waals surface area contributed by atoms with Crippen LogP contribution in [0.5, 0.6) is 0 Å². The number of halogens is 2. The molecule has 1 aliphatic heterocycles. The van der Waals surface area contributed by atoms with E-state index < -0.39 is 17.2 Å². The van der Waals surface area contributed by atoms with E-state index >= 15 is 0 Å². The Morgan fingerprint density at radius 3 is 2.78 bits per heavy atom. The summed E-state index contributed by atoms with van der Waals surface area (Å²) in [5, 5.41) is 12.8. The van der Waals surface area contributed by atoms with Crippen molar-refractivity contribution >= 4 is 11.8 Å². The molecule has 0 bridgehead atoms. The summed E-state index contributed by atoms with van der Waals surface area (Å²) in [5.74, 6) is -1.90. The first-order valence-corrected chi connectivity index (χ1v) is 7.52. The van der Waals surface area contributed by atoms with E-state index in [1.165, 1.54) is 6.92 Å². The summed E-state index contributed by atoms with van der Waals surface area (Å²) in [5.41, 5.74) is -1.74. The van der Waals surface area contributed by atoms with Crippen molar-refractivity contribution in [1.29, 1.82) is 0 Å². The maximum absolute atomic E-state index is 13.7. The van der Waals surface area contributed by atoms with E-state index in [0.717, 1.165) is 18.6 Å². The molecule has 1 saturated heterocycles. The zero-order chi connectivity index (χ0) is 17.0. The van der Waals surface area contributed by atoms with Crippen molar-refractivity contribution in [3.63, 3.8) is 0 Å². The van der Waals surface area contributed by atoms with Gasteiger partial charge in [0.25, 0.3) is 0 Å². The molecule has 1 heterocycles. The lowest BCUT2D eigenvalue weighted by Crippen LogP contribution is -2.40. The highest BCUT2D eigenvalue weighted by Crippen LogP contribution is 2.23. The van der Waals surface area contributed by atoms with Gasteiger partial charge in [-0.3, -0.25) is 9.59 Å². The number of carbonyl (C=O) groups is 2. The normalized spacial score (nSPS) is 17.2. The minimum Gasteiger partial charge on any atom is -0.383 e. The highest BCUT2D eigenvalue weighted by Gasteiger charge is 2.28. The van der Waals surface area contributed by atoms with Crippen LogP contribution in [-0.2, 0) is 15.2 Å². The lowest BCUT2D eigenvalue weighted by molar-refractivity contribution is -0.128. The fourth-order valence-corrected chi connectivity index (χ4v) is 2.56. The van der Waals surface area contributed by atoms with Crippen LogP contribution in [0.25, 0.3) is 0 Å². The van der Waals surface area contributed by atoms with E-state index in [1.807, 2.05) is 0 Å². The summed E-state index contributed by atoms with van der Waals surface area (Å²) in [6.45, 7) is 2.12. The number of amides is 2. The first kappa shape index (κ1) is 17.3. The Balaban J connectivity index is 1.85. The van der Waals surface area contributed by atoms with Crippen LogP contribution in [0.15, 0.2) is 18.2 Å². The third kappa shape index (κ3) is 4.48. The van der Waals surface area contributed by atoms with Gasteiger partial charge in [0.05, 0.1) is 6.54 Å². The molecule has 1 fully saturated rings. The summed E-state index contributed by atoms with van der Waals surface area (Å²) >= 11 is 0. The van der Waals surface area contributed by atoms with Crippen molar-refractivity contribution in [2.75, 3.05) is 19.6 Å². The number of rotatable bonds is 6. The van der Waals surface area contributed by atoms with Crippen LogP contribution >= 0.6 is 0 Å². The Bertz CT molecular complexity index is 605. The molecule has 2 amide bonds. The van der Waals surface area contributed by atoms with E-state index in [-0.39, 0.29) is 30.3 Å². The summed E-state index contributed by atoms with van der Waals surface area (Å²) in [4.78, 5) is 24.9. The molecular formula is C16H20F2N2O3. The number of aliphatic hydroxyl groups is 1. The van der Waals surface area contributed by atoms with Crippen LogP contribution in [0.4, 0.5) is 8.78 Å². The third-order valence-electron chi connectivity index (χ3n) is 3.92. The number of carbonyl (C=O) groups excluding carboxylic acids is 2. The molecule has 5 nitrogen and oxygen atoms in total. The van der Waals surface area contributed by atoms with Gasteiger partial charge < -0.3 is 15.3 Å². The lowest BCUT2D eigenvalue weighted by atomic mass is 9.95. The summed E-state index contributed by atoms with van der Waals surface area (Å²) in [6.07, 6.45) is 1.44. The summed E-state index contributed by atoms with van der Waals surface area (Å²) in [6, 6.07) is 2.89. The highest BCUT2D eigenvalue weighted by molar-refractivity contribution is 5.80. The van der Waals surface area contributed by atoms with Gasteiger partial charge in [0, 0.05) is 37.6 Å². The molecule has 126 valence electrons. The number of hydrogen-bond donors (Lipinski definition) is 2. The van der Waals surface area contributed by atoms with Crippen LogP contribution < -0.4 is 5.32 Å². The Morgan fingerprint density at radius 2 is 2.17 bits per heavy atom. The third-order valence-corrected chi connectivity index (χ3v) is 3.92. The molecule has 0 saturated carbocycles. The molecule has 1 unspecified atom stereocenters. The van der Waals surface area contributed by atoms with Crippen molar-refractivity contribution in [3.8, 4) is 0 Å². The predicted octanol–water partition coefficient (Wildman–Crippen LogP) is 1.30. The van der Waals surface area contributed by atoms with Crippen LogP contribution in [0.3, 0.4) is 0 Å². The fourth-order valence-electron chi connectivity index (χ4n) is 2.56. The Morgan fingerprint density at radius 1 is 1.43 bits per heavy atom. The molecule has 0 spiro atoms. The number of hydrogen-bond acceptors (Lipinski definition) is 3. The highest BCUT2D eigenvalue weighted by atomic mass is 19.1. The molecule has 0 aromatic heterocycles. The Labute approximate surface area is 133 Å². The van der Waals surface area contributed by atoms with Crippen LogP contribution in [0.2, 0.25) is 0 Å². The van der Waals surface area contributed by atoms with Crippen LogP contribution in [-0.4, -0.2) is 41.5 Å². The van der Waals surface area contributed by atoms with Crippen molar-refractivity contribution in [1.82, 2.24) is 10.2 Å². The monoisotopic (exact) mass is 326 g/mol. The first-order chi connectivity index (χ1) is 10.8. The number of nitrogens with zero attached hydrogens (tertiary/aromatic N) is 1. The fraction of sp³-hybridized carbons (Fsp3) is 0.500. The van der Waals surface area contributed by atoms with Crippen molar-refractivity contribution in [3.05, 3.63) is 35.4 Å². The van der Waals surface area contributed by atoms with Crippen molar-refractivity contribution < 1.29 is 23.5 Å². The predicted molar refractivity (Wildman–Crippen MR) is 79.4 cm³/mol. The lowest BCUT2D eigenvalue weighted by Gasteiger charge is -2.25. The van der Waals surface area contributed by atoms with E-state index in [2.05, 4.69) is 5.32 Å². The van der Waals surface area contributed by atoms with E-state index in [1.54, 1.807) is 4.90 Å². The maximum atomic E-state index is 13.7. The average molecular weight is 326 g/mol. The van der Waals surface area contributed by atoms with Gasteiger partial charge in [-0.05, 0) is 19.4 Å². The minimum atomic E-state index is -1.66. The Hall–Kier alpha value is -2.02. The second-order valence-corrected chi connectivity index (χ2v) is 5.91. The molecule has 0 aliphatic carbocycles. The van der Waals surface area contributed by atoms with Gasteiger partial charge in [-0.1, -0.05) is 6.07 Å². The summed E-state index contributed by atoms with van der Waals surface area (Å²) < 4.78 is 26.6. The van der Waals surface area contributed by atoms with Gasteiger partial charge in [0.15, 0.2) is 0 Å². The molecule has 1 atom stereocenters. The van der Waals surface area contributed by atoms with Crippen molar-refractivity contribution in [2.45, 2.75) is 31.8 Å². The molecule has 1 aromatic rings. The van der Waals surface area contributed by atoms with Gasteiger partial charge in [0.2, 0.25) is 11.8 Å². The van der Waals surface area contributed by atoms with Gasteiger partial charge in [0.1, 0.15) is 17.2 Å². The molecule has 23 heavy (non-hydrogen) atoms. The zero-order valence-corrected chi connectivity index (χ0v) is 12.9. The van der Waals surface area contributed by atoms with E-state index in [4.69, 9.17) is 0 Å². The molecular weight excluding hydrogens is 306 g/mol. The largest absolute Gasteiger partial charge is 0.383 e. The Kier molecular flexibility index (Phi) is 5.30. The standard InChI is InChI=1S/C16H20F2N2O3/c1-16(23,12-5-4-11(17)9-13(12)18)10-19-14(21)6-8-20-7-2-3-15(20)22/h4-5,9,23H,2-3,6-8,10H2,1H3,(H,19,21). The molecule has 7 heteroatoms. The smallest absolute Gasteiger partial charge is 0.222 e. The molecule has 1 aliphatic rings. The first-order valence-electron chi connectivity index (χ1n) is 7.52. The second-order valence-electron chi connectivity index (χ2n) is 5.91. The molecule has 1 aromatic carbocycles.